The maximum Gasteiger partial charge on any atom is 0.333 e. The number of ether oxygens (including phenoxy) is 16. The molecule has 1 aromatic rings. The maximum absolute atomic E-state index is 14.0. The van der Waals surface area contributed by atoms with Crippen LogP contribution in [0.2, 0.25) is 0 Å². The SMILES string of the molecule is C/C=C(\C)C(=O)O[C@@H](C)[C@]1(O)CC[C@@]2(O)[C@]1(C)[C@H](OC(=O)/C=C/c1ccccc1)C[C@H]1[C@@]2(O)C=C[C@@]2(O)C[C@@H](O[C@H]3C[C@H](OC)[C@H](O[C@H]4C[C@H](OC)[C@H](O[C@H]5C[C@@H](OC)[C@H](O[C@@H]6O[C@H](C)[C@@H](O[C@@H]7O[C@H](CO)[C@@H](O)[C@H](O)[C@H]7O)[C@@H](OC)[C@H]6O)[C@@H](C)O5)[C@@H](C)O4)[C@@H](C)O3)CC[C@]12C. The van der Waals surface area contributed by atoms with Crippen molar-refractivity contribution in [1.29, 1.82) is 0 Å². The first-order valence-corrected chi connectivity index (χ1v) is 33.8. The zero-order valence-corrected chi connectivity index (χ0v) is 57.2. The van der Waals surface area contributed by atoms with Crippen LogP contribution >= 0.6 is 0 Å². The Balaban J connectivity index is 0.753. The number of methoxy groups -OCH3 is 4. The Morgan fingerprint density at radius 3 is 1.73 bits per heavy atom. The fraction of sp³-hybridized carbons (Fsp3) is 0.797. The molecule has 4 aliphatic carbocycles. The van der Waals surface area contributed by atoms with Crippen LogP contribution in [0.3, 0.4) is 0 Å². The Morgan fingerprint density at radius 1 is 0.635 bits per heavy atom. The highest BCUT2D eigenvalue weighted by Gasteiger charge is 2.82. The second-order valence-electron chi connectivity index (χ2n) is 28.3. The van der Waals surface area contributed by atoms with Gasteiger partial charge in [0, 0.05) is 77.1 Å². The van der Waals surface area contributed by atoms with E-state index in [0.717, 1.165) is 5.56 Å². The molecule has 5 aliphatic heterocycles. The molecule has 9 aliphatic rings. The lowest BCUT2D eigenvalue weighted by Crippen LogP contribution is -2.80. The van der Waals surface area contributed by atoms with Crippen LogP contribution in [0.25, 0.3) is 6.08 Å². The molecule has 0 unspecified atom stereocenters. The zero-order valence-electron chi connectivity index (χ0n) is 57.2. The Bertz CT molecular complexity index is 2880. The van der Waals surface area contributed by atoms with Crippen molar-refractivity contribution in [1.82, 2.24) is 0 Å². The summed E-state index contributed by atoms with van der Waals surface area (Å²) in [6, 6.07) is 9.15. The second-order valence-corrected chi connectivity index (χ2v) is 28.3. The molecule has 5 saturated heterocycles. The third-order valence-corrected chi connectivity index (χ3v) is 23.2. The Labute approximate surface area is 561 Å². The predicted molar refractivity (Wildman–Crippen MR) is 335 cm³/mol. The van der Waals surface area contributed by atoms with Gasteiger partial charge in [0.15, 0.2) is 31.5 Å². The Kier molecular flexibility index (Phi) is 23.3. The van der Waals surface area contributed by atoms with Crippen LogP contribution in [0.4, 0.5) is 0 Å². The largest absolute Gasteiger partial charge is 0.458 e. The van der Waals surface area contributed by atoms with E-state index in [-0.39, 0.29) is 44.9 Å². The molecule has 27 heteroatoms. The lowest BCUT2D eigenvalue weighted by atomic mass is 9.41. The molecule has 5 heterocycles. The van der Waals surface area contributed by atoms with Crippen LogP contribution in [-0.4, -0.2) is 269 Å². The van der Waals surface area contributed by atoms with Gasteiger partial charge in [0.05, 0.1) is 66.5 Å². The van der Waals surface area contributed by atoms with Crippen LogP contribution in [0, 0.1) is 16.7 Å². The lowest BCUT2D eigenvalue weighted by molar-refractivity contribution is -0.374. The molecular formula is C69H104O27. The molecule has 32 atom stereocenters. The van der Waals surface area contributed by atoms with Gasteiger partial charge in [-0.05, 0) is 92.2 Å². The van der Waals surface area contributed by atoms with Crippen molar-refractivity contribution in [3.63, 3.8) is 0 Å². The summed E-state index contributed by atoms with van der Waals surface area (Å²) in [4.78, 5) is 27.2. The summed E-state index contributed by atoms with van der Waals surface area (Å²) < 4.78 is 99.6. The summed E-state index contributed by atoms with van der Waals surface area (Å²) in [5.41, 5.74) is -9.81. The average molecular weight is 1370 g/mol. The van der Waals surface area contributed by atoms with E-state index in [2.05, 4.69) is 0 Å². The van der Waals surface area contributed by atoms with E-state index in [4.69, 9.17) is 75.8 Å². The molecule has 3 saturated carbocycles. The molecule has 9 N–H and O–H groups in total. The zero-order chi connectivity index (χ0) is 69.8. The molecule has 8 fully saturated rings. The highest BCUT2D eigenvalue weighted by Crippen LogP contribution is 2.72. The van der Waals surface area contributed by atoms with E-state index in [1.807, 2.05) is 51.1 Å². The van der Waals surface area contributed by atoms with Crippen molar-refractivity contribution in [3.8, 4) is 0 Å². The summed E-state index contributed by atoms with van der Waals surface area (Å²) in [5, 5.41) is 105. The number of esters is 2. The molecule has 0 aromatic heterocycles. The molecule has 27 nitrogen and oxygen atoms in total. The minimum absolute atomic E-state index is 0.0760. The highest BCUT2D eigenvalue weighted by molar-refractivity contribution is 5.88. The van der Waals surface area contributed by atoms with Crippen molar-refractivity contribution in [3.05, 3.63) is 65.8 Å². The van der Waals surface area contributed by atoms with Crippen molar-refractivity contribution in [2.75, 3.05) is 35.0 Å². The monoisotopic (exact) mass is 1360 g/mol. The highest BCUT2D eigenvalue weighted by atomic mass is 16.8. The summed E-state index contributed by atoms with van der Waals surface area (Å²) >= 11 is 0. The fourth-order valence-electron chi connectivity index (χ4n) is 17.1. The van der Waals surface area contributed by atoms with E-state index in [0.29, 0.717) is 18.4 Å². The summed E-state index contributed by atoms with van der Waals surface area (Å²) in [5.74, 6) is -2.35. The van der Waals surface area contributed by atoms with E-state index in [1.165, 1.54) is 33.3 Å². The molecule has 0 amide bonds. The molecule has 542 valence electrons. The van der Waals surface area contributed by atoms with Gasteiger partial charge in [-0.3, -0.25) is 0 Å². The number of hydrogen-bond donors (Lipinski definition) is 9. The van der Waals surface area contributed by atoms with E-state index in [1.54, 1.807) is 67.1 Å². The number of rotatable bonds is 21. The molecule has 96 heavy (non-hydrogen) atoms. The predicted octanol–water partition coefficient (Wildman–Crippen LogP) is 2.31. The normalized spacial score (nSPS) is 48.5. The average Bonchev–Trinajstić information content (AvgIpc) is 1.33. The van der Waals surface area contributed by atoms with Crippen molar-refractivity contribution < 1.29 is 131 Å². The van der Waals surface area contributed by atoms with E-state index >= 15 is 0 Å². The topological polar surface area (TPSA) is 364 Å². The third kappa shape index (κ3) is 13.6. The van der Waals surface area contributed by atoms with Gasteiger partial charge < -0.3 is 122 Å². The third-order valence-electron chi connectivity index (χ3n) is 23.2. The molecule has 0 bridgehead atoms. The van der Waals surface area contributed by atoms with Crippen LogP contribution in [-0.2, 0) is 85.4 Å². The number of aliphatic hydroxyl groups is 9. The maximum atomic E-state index is 14.0. The van der Waals surface area contributed by atoms with E-state index < -0.39 is 211 Å². The minimum atomic E-state index is -2.18. The van der Waals surface area contributed by atoms with Gasteiger partial charge in [-0.25, -0.2) is 9.59 Å². The van der Waals surface area contributed by atoms with Crippen molar-refractivity contribution in [2.45, 2.75) is 296 Å². The first kappa shape index (κ1) is 75.1. The Hall–Kier alpha value is -3.54. The number of benzene rings is 1. The van der Waals surface area contributed by atoms with Gasteiger partial charge in [0.25, 0.3) is 0 Å². The van der Waals surface area contributed by atoms with Gasteiger partial charge in [0.1, 0.15) is 90.1 Å². The van der Waals surface area contributed by atoms with Crippen LogP contribution < -0.4 is 0 Å². The number of allylic oxidation sites excluding steroid dienone is 1. The summed E-state index contributed by atoms with van der Waals surface area (Å²) in [6.45, 7) is 14.7. The summed E-state index contributed by atoms with van der Waals surface area (Å²) in [6.07, 6.45) is -15.9. The van der Waals surface area contributed by atoms with Crippen molar-refractivity contribution in [2.24, 2.45) is 16.7 Å². The molecule has 1 aromatic carbocycles. The van der Waals surface area contributed by atoms with Crippen molar-refractivity contribution >= 4 is 18.0 Å². The van der Waals surface area contributed by atoms with Gasteiger partial charge >= 0.3 is 11.9 Å². The molecule has 0 spiro atoms. The number of hydrogen-bond acceptors (Lipinski definition) is 27. The van der Waals surface area contributed by atoms with Gasteiger partial charge in [0.2, 0.25) is 0 Å². The van der Waals surface area contributed by atoms with Gasteiger partial charge in [-0.1, -0.05) is 62.4 Å². The van der Waals surface area contributed by atoms with Crippen LogP contribution in [0.15, 0.2) is 60.2 Å². The Morgan fingerprint density at radius 2 is 1.18 bits per heavy atom. The first-order valence-electron chi connectivity index (χ1n) is 33.8. The van der Waals surface area contributed by atoms with Crippen LogP contribution in [0.5, 0.6) is 0 Å². The molecule has 10 rings (SSSR count). The number of carbonyl (C=O) groups excluding carboxylic acids is 2. The second kappa shape index (κ2) is 29.8. The quantitative estimate of drug-likeness (QED) is 0.0484. The minimum Gasteiger partial charge on any atom is -0.458 e. The van der Waals surface area contributed by atoms with E-state index in [9.17, 15) is 55.5 Å². The van der Waals surface area contributed by atoms with Gasteiger partial charge in [-0.15, -0.1) is 0 Å². The lowest BCUT2D eigenvalue weighted by Gasteiger charge is -2.68. The smallest absolute Gasteiger partial charge is 0.333 e. The first-order chi connectivity index (χ1) is 45.4. The number of carbonyl (C=O) groups is 2. The molecular weight excluding hydrogens is 1260 g/mol. The van der Waals surface area contributed by atoms with Crippen LogP contribution in [0.1, 0.15) is 126 Å². The van der Waals surface area contributed by atoms with Gasteiger partial charge in [-0.2, -0.15) is 0 Å². The number of fused-ring (bicyclic) bond motifs is 5. The summed E-state index contributed by atoms with van der Waals surface area (Å²) in [7, 11) is 6.03. The number of aliphatic hydroxyl groups excluding tert-OH is 5. The standard InChI is InChI=1S/C69H104O27/c1-14-34(2)61(76)89-39(7)67(78)26-27-69(80)65(67,9)47(92-48(71)21-20-40-18-16-15-17-19-40)31-46-64(8)23-22-41(32-66(64,77)24-25-68(46,69)79)90-49-28-42(81-10)56(35(3)85-49)93-50-29-43(82-11)57(36(4)86-50)94-51-30-44(83-12)58(37(5)87-51)95-63-55(75)60(84-13)59(38(6)88-63)96-62-54(74)53(73)52(72)45(33-70)91-62/h14-21,24-25,35-39,41-47,49-60,62-63,70,72-75,77-80H,22-23,26-33H2,1-13H3/b21-20+,34-14+/t35-,36-,37-,38-,39+,41+,42+,43+,44-,45-,46-,47-,49+,50+,51+,52-,53+,54-,55-,56-,57-,58-,59-,60+,62+,63+,64-,65-,66-,67-,68+,69-/m1/s1. The fourth-order valence-corrected chi connectivity index (χ4v) is 17.1. The molecule has 0 radical (unpaired) electrons.